The Morgan fingerprint density at radius 3 is 2.68 bits per heavy atom. The molecule has 0 spiro atoms. The van der Waals surface area contributed by atoms with Gasteiger partial charge in [-0.3, -0.25) is 0 Å². The Balaban J connectivity index is 1.52. The van der Waals surface area contributed by atoms with Crippen molar-refractivity contribution in [3.05, 3.63) is 36.4 Å². The van der Waals surface area contributed by atoms with Gasteiger partial charge >= 0.3 is 0 Å². The Morgan fingerprint density at radius 2 is 2.00 bits per heavy atom. The molecule has 2 aromatic rings. The zero-order valence-corrected chi connectivity index (χ0v) is 12.8. The average Bonchev–Trinajstić information content (AvgIpc) is 3.26. The van der Waals surface area contributed by atoms with Crippen LogP contribution in [-0.4, -0.2) is 45.3 Å². The van der Waals surface area contributed by atoms with Crippen LogP contribution in [0.15, 0.2) is 30.7 Å². The van der Waals surface area contributed by atoms with Gasteiger partial charge in [-0.15, -0.1) is 5.10 Å². The molecule has 1 unspecified atom stereocenters. The maximum Gasteiger partial charge on any atom is 0.151 e. The molecule has 4 rings (SSSR count). The van der Waals surface area contributed by atoms with E-state index >= 15 is 0 Å². The molecule has 1 saturated heterocycles. The van der Waals surface area contributed by atoms with Crippen molar-refractivity contribution in [1.82, 2.24) is 20.2 Å². The minimum absolute atomic E-state index is 0.491. The van der Waals surface area contributed by atoms with Crippen molar-refractivity contribution < 1.29 is 0 Å². The Morgan fingerprint density at radius 1 is 1.09 bits per heavy atom. The molecule has 1 saturated carbocycles. The van der Waals surface area contributed by atoms with Crippen LogP contribution in [0.1, 0.15) is 25.0 Å². The van der Waals surface area contributed by atoms with Gasteiger partial charge < -0.3 is 9.80 Å². The molecule has 1 aliphatic carbocycles. The maximum absolute atomic E-state index is 4.46. The summed E-state index contributed by atoms with van der Waals surface area (Å²) in [6, 6.07) is 7.25. The molecular weight excluding hydrogens is 276 g/mol. The summed E-state index contributed by atoms with van der Waals surface area (Å²) in [4.78, 5) is 13.3. The molecule has 22 heavy (non-hydrogen) atoms. The van der Waals surface area contributed by atoms with Gasteiger partial charge in [-0.25, -0.2) is 9.97 Å². The predicted molar refractivity (Wildman–Crippen MR) is 84.9 cm³/mol. The molecular formula is C16H20N6. The molecule has 1 aliphatic heterocycles. The third kappa shape index (κ3) is 2.61. The fourth-order valence-corrected chi connectivity index (χ4v) is 3.20. The molecule has 0 bridgehead atoms. The van der Waals surface area contributed by atoms with Gasteiger partial charge in [-0.2, -0.15) is 5.10 Å². The van der Waals surface area contributed by atoms with Crippen LogP contribution in [0.2, 0.25) is 0 Å². The molecule has 3 heterocycles. The Bertz CT molecular complexity index is 625. The van der Waals surface area contributed by atoms with Crippen LogP contribution >= 0.6 is 0 Å². The highest BCUT2D eigenvalue weighted by molar-refractivity contribution is 5.46. The lowest BCUT2D eigenvalue weighted by atomic mass is 10.2. The minimum atomic E-state index is 0.491. The maximum atomic E-state index is 4.46. The van der Waals surface area contributed by atoms with Crippen LogP contribution in [0.4, 0.5) is 11.6 Å². The summed E-state index contributed by atoms with van der Waals surface area (Å²) < 4.78 is 0. The lowest BCUT2D eigenvalue weighted by molar-refractivity contribution is 0.624. The van der Waals surface area contributed by atoms with Crippen LogP contribution in [0.5, 0.6) is 0 Å². The summed E-state index contributed by atoms with van der Waals surface area (Å²) in [5.74, 6) is 2.03. The van der Waals surface area contributed by atoms with E-state index in [4.69, 9.17) is 0 Å². The molecule has 2 aliphatic rings. The third-order valence-electron chi connectivity index (χ3n) is 4.44. The van der Waals surface area contributed by atoms with E-state index in [-0.39, 0.29) is 0 Å². The smallest absolute Gasteiger partial charge is 0.151 e. The second-order valence-electron chi connectivity index (χ2n) is 6.13. The summed E-state index contributed by atoms with van der Waals surface area (Å²) >= 11 is 0. The van der Waals surface area contributed by atoms with E-state index in [2.05, 4.69) is 36.0 Å². The highest BCUT2D eigenvalue weighted by Crippen LogP contribution is 2.35. The van der Waals surface area contributed by atoms with E-state index in [9.17, 15) is 0 Å². The van der Waals surface area contributed by atoms with E-state index < -0.39 is 0 Å². The third-order valence-corrected chi connectivity index (χ3v) is 4.44. The summed E-state index contributed by atoms with van der Waals surface area (Å²) in [5.41, 5.74) is 0.958. The molecule has 0 radical (unpaired) electrons. The Kier molecular flexibility index (Phi) is 3.36. The van der Waals surface area contributed by atoms with Crippen LogP contribution < -0.4 is 9.80 Å². The van der Waals surface area contributed by atoms with Crippen molar-refractivity contribution in [3.8, 4) is 0 Å². The number of hydrogen-bond acceptors (Lipinski definition) is 6. The summed E-state index contributed by atoms with van der Waals surface area (Å²) in [5, 5.41) is 8.49. The summed E-state index contributed by atoms with van der Waals surface area (Å²) in [6.07, 6.45) is 7.14. The lowest BCUT2D eigenvalue weighted by Crippen LogP contribution is -2.40. The predicted octanol–water partition coefficient (Wildman–Crippen LogP) is 1.82. The van der Waals surface area contributed by atoms with E-state index in [1.54, 1.807) is 6.33 Å². The lowest BCUT2D eigenvalue weighted by Gasteiger charge is -2.30. The molecule has 2 aromatic heterocycles. The van der Waals surface area contributed by atoms with Crippen molar-refractivity contribution in [2.75, 3.05) is 22.9 Å². The highest BCUT2D eigenvalue weighted by Gasteiger charge is 2.38. The zero-order valence-electron chi connectivity index (χ0n) is 12.8. The molecule has 1 atom stereocenters. The molecule has 6 heteroatoms. The van der Waals surface area contributed by atoms with Gasteiger partial charge in [-0.1, -0.05) is 0 Å². The molecule has 6 nitrogen and oxygen atoms in total. The second-order valence-corrected chi connectivity index (χ2v) is 6.13. The first-order valence-corrected chi connectivity index (χ1v) is 7.91. The van der Waals surface area contributed by atoms with Crippen molar-refractivity contribution in [1.29, 1.82) is 0 Å². The summed E-state index contributed by atoms with van der Waals surface area (Å²) in [6.45, 7) is 3.97. The fourth-order valence-electron chi connectivity index (χ4n) is 3.20. The van der Waals surface area contributed by atoms with Gasteiger partial charge in [-0.05, 0) is 44.4 Å². The summed E-state index contributed by atoms with van der Waals surface area (Å²) in [7, 11) is 0. The van der Waals surface area contributed by atoms with Gasteiger partial charge in [0.15, 0.2) is 5.82 Å². The number of rotatable bonds is 4. The van der Waals surface area contributed by atoms with Crippen molar-refractivity contribution in [2.45, 2.75) is 38.3 Å². The molecule has 0 aromatic carbocycles. The molecule has 114 valence electrons. The van der Waals surface area contributed by atoms with E-state index in [0.717, 1.165) is 36.8 Å². The first kappa shape index (κ1) is 13.4. The molecule has 0 amide bonds. The van der Waals surface area contributed by atoms with Crippen LogP contribution in [0.25, 0.3) is 0 Å². The average molecular weight is 296 g/mol. The van der Waals surface area contributed by atoms with Crippen molar-refractivity contribution in [3.63, 3.8) is 0 Å². The van der Waals surface area contributed by atoms with Crippen molar-refractivity contribution in [2.24, 2.45) is 0 Å². The standard InChI is InChI=1S/C16H20N6/c1-12-2-5-16(20-19-12)21-9-7-14(10-21)22(13-3-4-13)15-6-8-17-11-18-15/h2,5-6,8,11,13-14H,3-4,7,9-10H2,1H3. The van der Waals surface area contributed by atoms with E-state index in [1.807, 2.05) is 25.3 Å². The fraction of sp³-hybridized carbons (Fsp3) is 0.500. The largest absolute Gasteiger partial charge is 0.353 e. The normalized spacial score (nSPS) is 21.1. The van der Waals surface area contributed by atoms with Gasteiger partial charge in [0.25, 0.3) is 0 Å². The van der Waals surface area contributed by atoms with Crippen molar-refractivity contribution >= 4 is 11.6 Å². The van der Waals surface area contributed by atoms with Gasteiger partial charge in [0.05, 0.1) is 5.69 Å². The Hall–Kier alpha value is -2.24. The van der Waals surface area contributed by atoms with E-state index in [1.165, 1.54) is 12.8 Å². The zero-order chi connectivity index (χ0) is 14.9. The van der Waals surface area contributed by atoms with Crippen LogP contribution in [0.3, 0.4) is 0 Å². The number of anilines is 2. The topological polar surface area (TPSA) is 58.0 Å². The first-order valence-electron chi connectivity index (χ1n) is 7.91. The minimum Gasteiger partial charge on any atom is -0.353 e. The highest BCUT2D eigenvalue weighted by atomic mass is 15.3. The Labute approximate surface area is 130 Å². The SMILES string of the molecule is Cc1ccc(N2CCC(N(c3ccncn3)C3CC3)C2)nn1. The van der Waals surface area contributed by atoms with Crippen LogP contribution in [0, 0.1) is 6.92 Å². The number of aromatic nitrogens is 4. The number of nitrogens with zero attached hydrogens (tertiary/aromatic N) is 6. The van der Waals surface area contributed by atoms with E-state index in [0.29, 0.717) is 12.1 Å². The first-order chi connectivity index (χ1) is 10.8. The van der Waals surface area contributed by atoms with Gasteiger partial charge in [0.1, 0.15) is 12.1 Å². The molecule has 0 N–H and O–H groups in total. The van der Waals surface area contributed by atoms with Gasteiger partial charge in [0.2, 0.25) is 0 Å². The molecule has 2 fully saturated rings. The van der Waals surface area contributed by atoms with Gasteiger partial charge in [0, 0.05) is 31.4 Å². The van der Waals surface area contributed by atoms with Crippen LogP contribution in [-0.2, 0) is 0 Å². The number of aryl methyl sites for hydroxylation is 1. The monoisotopic (exact) mass is 296 g/mol. The quantitative estimate of drug-likeness (QED) is 0.858. The number of hydrogen-bond donors (Lipinski definition) is 0. The second kappa shape index (κ2) is 5.51.